The zero-order chi connectivity index (χ0) is 44.1. The standard InChI is InChI=1S/C61H46N4/c1-39-28-34-48(40(2)62-39)49-24-14-15-26-52(49)60-64-58(63-59(65-60)46-33-35-51-50-25-16-17-27-55(50)61(3,4)56(51)38-46)45-31-29-44(30-32-45)57-53(42-20-10-6-11-21-42)36-47(41-18-8-5-9-19-41)37-54(57)43-22-12-7-13-23-43/h5-38H,1-4H3. The van der Waals surface area contributed by atoms with Crippen LogP contribution in [0.1, 0.15) is 36.4 Å². The summed E-state index contributed by atoms with van der Waals surface area (Å²) in [6.45, 7) is 8.71. The van der Waals surface area contributed by atoms with Crippen LogP contribution in [-0.2, 0) is 5.41 Å². The summed E-state index contributed by atoms with van der Waals surface area (Å²) in [6, 6.07) is 73.6. The predicted molar refractivity (Wildman–Crippen MR) is 268 cm³/mol. The molecule has 310 valence electrons. The zero-order valence-electron chi connectivity index (χ0n) is 36.9. The zero-order valence-corrected chi connectivity index (χ0v) is 36.9. The van der Waals surface area contributed by atoms with Crippen molar-refractivity contribution in [1.29, 1.82) is 0 Å². The molecule has 4 heteroatoms. The summed E-state index contributed by atoms with van der Waals surface area (Å²) < 4.78 is 0. The van der Waals surface area contributed by atoms with Gasteiger partial charge in [0.2, 0.25) is 0 Å². The number of fused-ring (bicyclic) bond motifs is 3. The Balaban J connectivity index is 1.09. The Labute approximate surface area is 381 Å². The van der Waals surface area contributed by atoms with Gasteiger partial charge in [-0.1, -0.05) is 196 Å². The van der Waals surface area contributed by atoms with Crippen LogP contribution >= 0.6 is 0 Å². The Morgan fingerprint density at radius 1 is 0.292 bits per heavy atom. The molecule has 0 fully saturated rings. The topological polar surface area (TPSA) is 51.6 Å². The number of aromatic nitrogens is 4. The minimum atomic E-state index is -0.171. The summed E-state index contributed by atoms with van der Waals surface area (Å²) in [4.78, 5) is 20.7. The van der Waals surface area contributed by atoms with Crippen molar-refractivity contribution in [2.24, 2.45) is 0 Å². The first kappa shape index (κ1) is 39.7. The summed E-state index contributed by atoms with van der Waals surface area (Å²) in [6.07, 6.45) is 0. The van der Waals surface area contributed by atoms with E-state index in [1.165, 1.54) is 50.1 Å². The second-order valence-corrected chi connectivity index (χ2v) is 17.5. The molecule has 8 aromatic carbocycles. The lowest BCUT2D eigenvalue weighted by Gasteiger charge is -2.22. The van der Waals surface area contributed by atoms with E-state index in [4.69, 9.17) is 19.9 Å². The Morgan fingerprint density at radius 3 is 1.40 bits per heavy atom. The van der Waals surface area contributed by atoms with E-state index in [1.54, 1.807) is 0 Å². The fourth-order valence-corrected chi connectivity index (χ4v) is 9.71. The van der Waals surface area contributed by atoms with Gasteiger partial charge in [0.1, 0.15) is 0 Å². The molecule has 1 aliphatic carbocycles. The fraction of sp³-hybridized carbons (Fsp3) is 0.0820. The average Bonchev–Trinajstić information content (AvgIpc) is 3.59. The lowest BCUT2D eigenvalue weighted by Crippen LogP contribution is -2.15. The van der Waals surface area contributed by atoms with Gasteiger partial charge in [-0.25, -0.2) is 15.0 Å². The van der Waals surface area contributed by atoms with E-state index in [1.807, 2.05) is 6.92 Å². The Kier molecular flexibility index (Phi) is 9.93. The van der Waals surface area contributed by atoms with Gasteiger partial charge >= 0.3 is 0 Å². The monoisotopic (exact) mass is 834 g/mol. The second kappa shape index (κ2) is 16.2. The van der Waals surface area contributed by atoms with Crippen LogP contribution in [0.3, 0.4) is 0 Å². The van der Waals surface area contributed by atoms with Crippen LogP contribution in [0.25, 0.3) is 101 Å². The Bertz CT molecular complexity index is 3330. The van der Waals surface area contributed by atoms with Gasteiger partial charge in [-0.15, -0.1) is 0 Å². The normalized spacial score (nSPS) is 12.4. The minimum absolute atomic E-state index is 0.171. The molecular formula is C61H46N4. The molecule has 0 saturated carbocycles. The van der Waals surface area contributed by atoms with Crippen molar-refractivity contribution in [1.82, 2.24) is 19.9 Å². The van der Waals surface area contributed by atoms with Gasteiger partial charge in [0.05, 0.1) is 0 Å². The second-order valence-electron chi connectivity index (χ2n) is 17.5. The molecule has 0 spiro atoms. The third kappa shape index (κ3) is 7.23. The van der Waals surface area contributed by atoms with Crippen LogP contribution in [0.4, 0.5) is 0 Å². The highest BCUT2D eigenvalue weighted by Gasteiger charge is 2.35. The number of hydrogen-bond donors (Lipinski definition) is 0. The number of rotatable bonds is 8. The number of nitrogens with zero attached hydrogens (tertiary/aromatic N) is 4. The van der Waals surface area contributed by atoms with Crippen molar-refractivity contribution in [3.8, 4) is 101 Å². The Hall–Kier alpha value is -8.08. The number of pyridine rings is 1. The highest BCUT2D eigenvalue weighted by atomic mass is 15.0. The minimum Gasteiger partial charge on any atom is -0.258 e. The summed E-state index contributed by atoms with van der Waals surface area (Å²) >= 11 is 0. The van der Waals surface area contributed by atoms with E-state index < -0.39 is 0 Å². The first-order chi connectivity index (χ1) is 31.8. The lowest BCUT2D eigenvalue weighted by molar-refractivity contribution is 0.660. The third-order valence-electron chi connectivity index (χ3n) is 13.0. The highest BCUT2D eigenvalue weighted by Crippen LogP contribution is 2.50. The third-order valence-corrected chi connectivity index (χ3v) is 13.0. The van der Waals surface area contributed by atoms with Gasteiger partial charge in [-0.05, 0) is 110 Å². The van der Waals surface area contributed by atoms with Crippen molar-refractivity contribution in [3.05, 3.63) is 229 Å². The van der Waals surface area contributed by atoms with Crippen molar-refractivity contribution in [2.75, 3.05) is 0 Å². The van der Waals surface area contributed by atoms with E-state index in [9.17, 15) is 0 Å². The number of benzene rings is 8. The van der Waals surface area contributed by atoms with Gasteiger partial charge in [0.25, 0.3) is 0 Å². The molecule has 10 aromatic rings. The molecule has 65 heavy (non-hydrogen) atoms. The molecule has 0 unspecified atom stereocenters. The molecule has 0 bridgehead atoms. The predicted octanol–water partition coefficient (Wildman–Crippen LogP) is 15.5. The van der Waals surface area contributed by atoms with Gasteiger partial charge in [0, 0.05) is 39.1 Å². The molecule has 0 atom stereocenters. The molecule has 0 N–H and O–H groups in total. The molecule has 11 rings (SSSR count). The van der Waals surface area contributed by atoms with Gasteiger partial charge in [-0.3, -0.25) is 4.98 Å². The van der Waals surface area contributed by atoms with Crippen LogP contribution < -0.4 is 0 Å². The highest BCUT2D eigenvalue weighted by molar-refractivity contribution is 5.98. The van der Waals surface area contributed by atoms with Crippen LogP contribution in [0.2, 0.25) is 0 Å². The summed E-state index contributed by atoms with van der Waals surface area (Å²) in [7, 11) is 0. The molecule has 4 nitrogen and oxygen atoms in total. The van der Waals surface area contributed by atoms with Crippen molar-refractivity contribution >= 4 is 0 Å². The molecule has 1 aliphatic rings. The summed E-state index contributed by atoms with van der Waals surface area (Å²) in [5, 5.41) is 0. The van der Waals surface area contributed by atoms with Crippen molar-refractivity contribution in [3.63, 3.8) is 0 Å². The van der Waals surface area contributed by atoms with E-state index >= 15 is 0 Å². The van der Waals surface area contributed by atoms with Crippen LogP contribution in [0.5, 0.6) is 0 Å². The summed E-state index contributed by atoms with van der Waals surface area (Å²) in [5.41, 5.74) is 21.1. The molecule has 2 aromatic heterocycles. The maximum atomic E-state index is 5.30. The maximum absolute atomic E-state index is 5.30. The molecule has 0 radical (unpaired) electrons. The number of aryl methyl sites for hydroxylation is 2. The summed E-state index contributed by atoms with van der Waals surface area (Å²) in [5.74, 6) is 1.85. The SMILES string of the molecule is Cc1ccc(-c2ccccc2-c2nc(-c3ccc(-c4c(-c5ccccc5)cc(-c5ccccc5)cc4-c4ccccc4)cc3)nc(-c3ccc4c(c3)C(C)(C)c3ccccc3-4)n2)c(C)n1. The van der Waals surface area contributed by atoms with Crippen molar-refractivity contribution < 1.29 is 0 Å². The Morgan fingerprint density at radius 2 is 0.769 bits per heavy atom. The van der Waals surface area contributed by atoms with Crippen molar-refractivity contribution in [2.45, 2.75) is 33.1 Å². The number of hydrogen-bond acceptors (Lipinski definition) is 4. The first-order valence-electron chi connectivity index (χ1n) is 22.3. The van der Waals surface area contributed by atoms with Gasteiger partial charge in [0.15, 0.2) is 17.5 Å². The van der Waals surface area contributed by atoms with E-state index in [0.29, 0.717) is 17.5 Å². The first-order valence-corrected chi connectivity index (χ1v) is 22.3. The largest absolute Gasteiger partial charge is 0.258 e. The molecule has 0 amide bonds. The lowest BCUT2D eigenvalue weighted by atomic mass is 9.82. The smallest absolute Gasteiger partial charge is 0.164 e. The van der Waals surface area contributed by atoms with E-state index in [0.717, 1.165) is 55.9 Å². The fourth-order valence-electron chi connectivity index (χ4n) is 9.71. The van der Waals surface area contributed by atoms with Crippen LogP contribution in [0, 0.1) is 13.8 Å². The molecule has 2 heterocycles. The van der Waals surface area contributed by atoms with E-state index in [-0.39, 0.29) is 5.41 Å². The van der Waals surface area contributed by atoms with Crippen LogP contribution in [0.15, 0.2) is 206 Å². The molecular weight excluding hydrogens is 789 g/mol. The molecule has 0 saturated heterocycles. The van der Waals surface area contributed by atoms with E-state index in [2.05, 4.69) is 227 Å². The quantitative estimate of drug-likeness (QED) is 0.153. The van der Waals surface area contributed by atoms with Gasteiger partial charge < -0.3 is 0 Å². The van der Waals surface area contributed by atoms with Crippen LogP contribution in [-0.4, -0.2) is 19.9 Å². The van der Waals surface area contributed by atoms with Gasteiger partial charge in [-0.2, -0.15) is 0 Å². The average molecular weight is 835 g/mol. The maximum Gasteiger partial charge on any atom is 0.164 e. The molecule has 0 aliphatic heterocycles.